The molecule has 1 N–H and O–H groups in total. The molecule has 0 aliphatic heterocycles. The van der Waals surface area contributed by atoms with Crippen LogP contribution in [0.25, 0.3) is 5.69 Å². The van der Waals surface area contributed by atoms with Gasteiger partial charge in [0, 0.05) is 37.2 Å². The lowest BCUT2D eigenvalue weighted by atomic mass is 10.2. The molecule has 2 aromatic heterocycles. The topological polar surface area (TPSA) is 50.2 Å². The molecule has 3 rings (SSSR count). The van der Waals surface area contributed by atoms with E-state index in [-0.39, 0.29) is 5.91 Å². The van der Waals surface area contributed by atoms with Gasteiger partial charge in [0.2, 0.25) is 0 Å². The third-order valence-electron chi connectivity index (χ3n) is 4.65. The van der Waals surface area contributed by atoms with Crippen molar-refractivity contribution in [3.8, 4) is 5.69 Å². The van der Waals surface area contributed by atoms with E-state index in [9.17, 15) is 4.79 Å². The first-order valence-corrected chi connectivity index (χ1v) is 9.16. The van der Waals surface area contributed by atoms with E-state index >= 15 is 0 Å². The molecule has 3 aromatic rings. The van der Waals surface area contributed by atoms with Gasteiger partial charge in [-0.25, -0.2) is 0 Å². The number of rotatable bonds is 7. The quantitative estimate of drug-likeness (QED) is 0.701. The van der Waals surface area contributed by atoms with Crippen LogP contribution in [-0.4, -0.2) is 40.5 Å². The monoisotopic (exact) mass is 362 g/mol. The summed E-state index contributed by atoms with van der Waals surface area (Å²) in [6, 6.07) is 16.2. The molecule has 27 heavy (non-hydrogen) atoms. The van der Waals surface area contributed by atoms with Crippen molar-refractivity contribution in [1.82, 2.24) is 19.8 Å². The van der Waals surface area contributed by atoms with Crippen molar-refractivity contribution in [1.29, 1.82) is 0 Å². The standard InChI is InChI=1S/C22H26N4O/c1-17-14-21(18(2)26(17)20-10-7-11-23-15-20)22(27)24-12-13-25(3)16-19-8-5-4-6-9-19/h4-11,14-15H,12-13,16H2,1-3H3,(H,24,27). The van der Waals surface area contributed by atoms with Crippen molar-refractivity contribution in [3.05, 3.63) is 83.4 Å². The molecule has 5 nitrogen and oxygen atoms in total. The van der Waals surface area contributed by atoms with Gasteiger partial charge in [0.25, 0.3) is 5.91 Å². The van der Waals surface area contributed by atoms with Crippen molar-refractivity contribution >= 4 is 5.91 Å². The molecule has 1 amide bonds. The Kier molecular flexibility index (Phi) is 6.04. The zero-order chi connectivity index (χ0) is 19.2. The predicted octanol–water partition coefficient (Wildman–Crippen LogP) is 3.35. The summed E-state index contributed by atoms with van der Waals surface area (Å²) in [5.74, 6) is -0.0358. The van der Waals surface area contributed by atoms with Crippen molar-refractivity contribution in [2.45, 2.75) is 20.4 Å². The average molecular weight is 362 g/mol. The Morgan fingerprint density at radius 3 is 2.63 bits per heavy atom. The van der Waals surface area contributed by atoms with Crippen LogP contribution in [-0.2, 0) is 6.54 Å². The second-order valence-corrected chi connectivity index (χ2v) is 6.81. The molecule has 5 heteroatoms. The maximum Gasteiger partial charge on any atom is 0.253 e. The van der Waals surface area contributed by atoms with Gasteiger partial charge in [-0.2, -0.15) is 0 Å². The normalized spacial score (nSPS) is 11.0. The van der Waals surface area contributed by atoms with Crippen molar-refractivity contribution in [3.63, 3.8) is 0 Å². The van der Waals surface area contributed by atoms with Crippen LogP contribution in [0.3, 0.4) is 0 Å². The maximum absolute atomic E-state index is 12.6. The highest BCUT2D eigenvalue weighted by Gasteiger charge is 2.16. The third-order valence-corrected chi connectivity index (χ3v) is 4.65. The molecular formula is C22H26N4O. The van der Waals surface area contributed by atoms with Crippen molar-refractivity contribution < 1.29 is 4.79 Å². The molecule has 0 radical (unpaired) electrons. The molecule has 2 heterocycles. The lowest BCUT2D eigenvalue weighted by molar-refractivity contribution is 0.0949. The van der Waals surface area contributed by atoms with Crippen LogP contribution in [0.5, 0.6) is 0 Å². The number of nitrogens with one attached hydrogen (secondary N) is 1. The molecule has 0 aliphatic rings. The number of hydrogen-bond donors (Lipinski definition) is 1. The summed E-state index contributed by atoms with van der Waals surface area (Å²) < 4.78 is 2.06. The number of hydrogen-bond acceptors (Lipinski definition) is 3. The van der Waals surface area contributed by atoms with Crippen LogP contribution in [0.4, 0.5) is 0 Å². The first kappa shape index (κ1) is 18.9. The number of likely N-dealkylation sites (N-methyl/N-ethyl adjacent to an activating group) is 1. The summed E-state index contributed by atoms with van der Waals surface area (Å²) in [5.41, 5.74) is 4.89. The van der Waals surface area contributed by atoms with E-state index in [1.165, 1.54) is 5.56 Å². The van der Waals surface area contributed by atoms with Gasteiger partial charge in [-0.05, 0) is 44.7 Å². The Labute approximate surface area is 160 Å². The first-order valence-electron chi connectivity index (χ1n) is 9.16. The van der Waals surface area contributed by atoms with Crippen LogP contribution in [0.2, 0.25) is 0 Å². The van der Waals surface area contributed by atoms with Crippen molar-refractivity contribution in [2.24, 2.45) is 0 Å². The Morgan fingerprint density at radius 1 is 1.15 bits per heavy atom. The number of aryl methyl sites for hydroxylation is 1. The minimum atomic E-state index is -0.0358. The lowest BCUT2D eigenvalue weighted by Gasteiger charge is -2.17. The average Bonchev–Trinajstić information content (AvgIpc) is 2.97. The van der Waals surface area contributed by atoms with Crippen molar-refractivity contribution in [2.75, 3.05) is 20.1 Å². The predicted molar refractivity (Wildman–Crippen MR) is 108 cm³/mol. The van der Waals surface area contributed by atoms with E-state index in [1.807, 2.05) is 50.2 Å². The Morgan fingerprint density at radius 2 is 1.93 bits per heavy atom. The molecule has 0 aliphatic carbocycles. The molecule has 140 valence electrons. The summed E-state index contributed by atoms with van der Waals surface area (Å²) in [6.45, 7) is 6.24. The fourth-order valence-electron chi connectivity index (χ4n) is 3.31. The molecule has 0 atom stereocenters. The Hall–Kier alpha value is -2.92. The molecule has 0 spiro atoms. The van der Waals surface area contributed by atoms with Crippen LogP contribution < -0.4 is 5.32 Å². The summed E-state index contributed by atoms with van der Waals surface area (Å²) in [6.07, 6.45) is 3.55. The fraction of sp³-hybridized carbons (Fsp3) is 0.273. The highest BCUT2D eigenvalue weighted by molar-refractivity contribution is 5.95. The number of carbonyl (C=O) groups is 1. The number of nitrogens with zero attached hydrogens (tertiary/aromatic N) is 3. The van der Waals surface area contributed by atoms with Gasteiger partial charge >= 0.3 is 0 Å². The number of carbonyl (C=O) groups excluding carboxylic acids is 1. The van der Waals surface area contributed by atoms with Crippen LogP contribution in [0.1, 0.15) is 27.3 Å². The summed E-state index contributed by atoms with van der Waals surface area (Å²) in [4.78, 5) is 19.0. The number of pyridine rings is 1. The van der Waals surface area contributed by atoms with Crippen LogP contribution >= 0.6 is 0 Å². The molecule has 0 saturated carbocycles. The third kappa shape index (κ3) is 4.63. The summed E-state index contributed by atoms with van der Waals surface area (Å²) >= 11 is 0. The van der Waals surface area contributed by atoms with Gasteiger partial charge in [0.05, 0.1) is 17.4 Å². The second kappa shape index (κ2) is 8.64. The van der Waals surface area contributed by atoms with Gasteiger partial charge in [-0.1, -0.05) is 30.3 Å². The molecular weight excluding hydrogens is 336 g/mol. The summed E-state index contributed by atoms with van der Waals surface area (Å²) in [7, 11) is 2.06. The second-order valence-electron chi connectivity index (χ2n) is 6.81. The lowest BCUT2D eigenvalue weighted by Crippen LogP contribution is -2.33. The minimum Gasteiger partial charge on any atom is -0.351 e. The van der Waals surface area contributed by atoms with Gasteiger partial charge < -0.3 is 14.8 Å². The highest BCUT2D eigenvalue weighted by Crippen LogP contribution is 2.20. The van der Waals surface area contributed by atoms with E-state index in [4.69, 9.17) is 0 Å². The minimum absolute atomic E-state index is 0.0358. The van der Waals surface area contributed by atoms with Gasteiger partial charge in [-0.15, -0.1) is 0 Å². The smallest absolute Gasteiger partial charge is 0.253 e. The SMILES string of the molecule is Cc1cc(C(=O)NCCN(C)Cc2ccccc2)c(C)n1-c1cccnc1. The zero-order valence-corrected chi connectivity index (χ0v) is 16.1. The van der Waals surface area contributed by atoms with Gasteiger partial charge in [0.1, 0.15) is 0 Å². The maximum atomic E-state index is 12.6. The first-order chi connectivity index (χ1) is 13.1. The van der Waals surface area contributed by atoms with E-state index in [0.717, 1.165) is 30.2 Å². The molecule has 0 fully saturated rings. The van der Waals surface area contributed by atoms with Gasteiger partial charge in [-0.3, -0.25) is 9.78 Å². The molecule has 0 saturated heterocycles. The molecule has 0 unspecified atom stereocenters. The number of amides is 1. The Bertz CT molecular complexity index is 887. The van der Waals surface area contributed by atoms with Crippen LogP contribution in [0.15, 0.2) is 60.9 Å². The molecule has 0 bridgehead atoms. The van der Waals surface area contributed by atoms with E-state index in [1.54, 1.807) is 12.4 Å². The molecule has 1 aromatic carbocycles. The largest absolute Gasteiger partial charge is 0.351 e. The highest BCUT2D eigenvalue weighted by atomic mass is 16.1. The van der Waals surface area contributed by atoms with E-state index in [2.05, 4.69) is 38.9 Å². The van der Waals surface area contributed by atoms with Crippen LogP contribution in [0, 0.1) is 13.8 Å². The zero-order valence-electron chi connectivity index (χ0n) is 16.1. The number of benzene rings is 1. The summed E-state index contributed by atoms with van der Waals surface area (Å²) in [5, 5.41) is 3.04. The Balaban J connectivity index is 1.59. The van der Waals surface area contributed by atoms with Gasteiger partial charge in [0.15, 0.2) is 0 Å². The fourth-order valence-corrected chi connectivity index (χ4v) is 3.31. The van der Waals surface area contributed by atoms with E-state index < -0.39 is 0 Å². The van der Waals surface area contributed by atoms with E-state index in [0.29, 0.717) is 12.1 Å². The number of aromatic nitrogens is 2.